The molecule has 0 spiro atoms. The first-order valence-electron chi connectivity index (χ1n) is 5.09. The van der Waals surface area contributed by atoms with Crippen LogP contribution in [0.25, 0.3) is 11.1 Å². The number of aromatic nitrogens is 1. The second kappa shape index (κ2) is 5.58. The number of rotatable bonds is 2. The normalized spacial score (nSPS) is 10.1. The molecule has 18 heavy (non-hydrogen) atoms. The lowest BCUT2D eigenvalue weighted by molar-refractivity contribution is 1.21. The molecule has 0 unspecified atom stereocenters. The van der Waals surface area contributed by atoms with E-state index in [4.69, 9.17) is 40.1 Å². The number of nitriles is 1. The van der Waals surface area contributed by atoms with Gasteiger partial charge in [-0.05, 0) is 17.7 Å². The largest absolute Gasteiger partial charge is 0.264 e. The zero-order valence-corrected chi connectivity index (χ0v) is 11.4. The molecule has 1 heterocycles. The van der Waals surface area contributed by atoms with Crippen molar-refractivity contribution in [3.63, 3.8) is 0 Å². The van der Waals surface area contributed by atoms with E-state index >= 15 is 0 Å². The Balaban J connectivity index is 2.63. The summed E-state index contributed by atoms with van der Waals surface area (Å²) in [6.45, 7) is 0. The summed E-state index contributed by atoms with van der Waals surface area (Å²) in [5.41, 5.74) is 2.37. The highest BCUT2D eigenvalue weighted by atomic mass is 35.5. The lowest BCUT2D eigenvalue weighted by Gasteiger charge is -2.10. The number of benzene rings is 1. The molecule has 2 nitrogen and oxygen atoms in total. The van der Waals surface area contributed by atoms with Crippen molar-refractivity contribution in [1.82, 2.24) is 4.98 Å². The van der Waals surface area contributed by atoms with Crippen molar-refractivity contribution in [3.8, 4) is 17.2 Å². The van der Waals surface area contributed by atoms with E-state index in [2.05, 4.69) is 11.1 Å². The van der Waals surface area contributed by atoms with E-state index in [0.717, 1.165) is 16.7 Å². The van der Waals surface area contributed by atoms with Gasteiger partial charge in [-0.25, -0.2) is 0 Å². The molecule has 0 aliphatic rings. The van der Waals surface area contributed by atoms with Gasteiger partial charge in [-0.2, -0.15) is 5.26 Å². The summed E-state index contributed by atoms with van der Waals surface area (Å²) in [4.78, 5) is 4.05. The average molecular weight is 298 g/mol. The molecule has 0 fully saturated rings. The van der Waals surface area contributed by atoms with Crippen LogP contribution in [0.4, 0.5) is 0 Å². The van der Waals surface area contributed by atoms with E-state index in [1.54, 1.807) is 30.6 Å². The Labute approximate surface area is 120 Å². The first-order chi connectivity index (χ1) is 8.65. The number of halogens is 3. The highest BCUT2D eigenvalue weighted by molar-refractivity contribution is 6.49. The third-order valence-corrected chi connectivity index (χ3v) is 3.80. The topological polar surface area (TPSA) is 36.7 Å². The zero-order chi connectivity index (χ0) is 13.1. The molecule has 0 aliphatic heterocycles. The second-order valence-corrected chi connectivity index (χ2v) is 4.75. The van der Waals surface area contributed by atoms with E-state index in [-0.39, 0.29) is 6.42 Å². The lowest BCUT2D eigenvalue weighted by Crippen LogP contribution is -1.91. The molecule has 2 aromatic rings. The van der Waals surface area contributed by atoms with Gasteiger partial charge >= 0.3 is 0 Å². The predicted octanol–water partition coefficient (Wildman–Crippen LogP) is 4.77. The van der Waals surface area contributed by atoms with Crippen molar-refractivity contribution in [2.45, 2.75) is 6.42 Å². The van der Waals surface area contributed by atoms with Gasteiger partial charge in [0, 0.05) is 23.5 Å². The molecule has 0 aliphatic carbocycles. The fraction of sp³-hybridized carbons (Fsp3) is 0.0769. The zero-order valence-electron chi connectivity index (χ0n) is 9.12. The molecule has 0 saturated carbocycles. The minimum Gasteiger partial charge on any atom is -0.264 e. The van der Waals surface area contributed by atoms with Gasteiger partial charge in [-0.1, -0.05) is 40.9 Å². The Morgan fingerprint density at radius 1 is 1.06 bits per heavy atom. The van der Waals surface area contributed by atoms with Crippen molar-refractivity contribution in [2.75, 3.05) is 0 Å². The van der Waals surface area contributed by atoms with Crippen LogP contribution in [-0.2, 0) is 6.42 Å². The van der Waals surface area contributed by atoms with E-state index in [9.17, 15) is 0 Å². The van der Waals surface area contributed by atoms with Crippen molar-refractivity contribution < 1.29 is 0 Å². The summed E-state index contributed by atoms with van der Waals surface area (Å²) < 4.78 is 0. The van der Waals surface area contributed by atoms with Crippen LogP contribution >= 0.6 is 34.8 Å². The molecule has 90 valence electrons. The lowest BCUT2D eigenvalue weighted by atomic mass is 10.0. The van der Waals surface area contributed by atoms with Crippen molar-refractivity contribution >= 4 is 34.8 Å². The molecule has 0 saturated heterocycles. The van der Waals surface area contributed by atoms with Gasteiger partial charge in [0.05, 0.1) is 27.6 Å². The van der Waals surface area contributed by atoms with Gasteiger partial charge in [0.1, 0.15) is 0 Å². The van der Waals surface area contributed by atoms with E-state index < -0.39 is 0 Å². The highest BCUT2D eigenvalue weighted by Gasteiger charge is 2.13. The fourth-order valence-electron chi connectivity index (χ4n) is 1.64. The molecule has 1 aromatic carbocycles. The molecule has 0 bridgehead atoms. The smallest absolute Gasteiger partial charge is 0.0784 e. The van der Waals surface area contributed by atoms with Crippen LogP contribution in [0.5, 0.6) is 0 Å². The number of hydrogen-bond donors (Lipinski definition) is 0. The Morgan fingerprint density at radius 2 is 1.83 bits per heavy atom. The SMILES string of the molecule is N#CCc1ccncc1-c1ccc(Cl)c(Cl)c1Cl. The summed E-state index contributed by atoms with van der Waals surface area (Å²) >= 11 is 18.1. The highest BCUT2D eigenvalue weighted by Crippen LogP contribution is 2.38. The predicted molar refractivity (Wildman–Crippen MR) is 74.0 cm³/mol. The molecular formula is C13H7Cl3N2. The van der Waals surface area contributed by atoms with Gasteiger partial charge in [0.2, 0.25) is 0 Å². The van der Waals surface area contributed by atoms with Crippen LogP contribution in [-0.4, -0.2) is 4.98 Å². The number of pyridine rings is 1. The summed E-state index contributed by atoms with van der Waals surface area (Å²) in [6.07, 6.45) is 3.59. The Morgan fingerprint density at radius 3 is 2.56 bits per heavy atom. The second-order valence-electron chi connectivity index (χ2n) is 3.59. The third-order valence-electron chi connectivity index (χ3n) is 2.51. The minimum absolute atomic E-state index is 0.286. The molecule has 2 rings (SSSR count). The van der Waals surface area contributed by atoms with Gasteiger partial charge in [-0.15, -0.1) is 0 Å². The van der Waals surface area contributed by atoms with Crippen LogP contribution in [0.1, 0.15) is 5.56 Å². The summed E-state index contributed by atoms with van der Waals surface area (Å²) in [5.74, 6) is 0. The van der Waals surface area contributed by atoms with Crippen molar-refractivity contribution in [2.24, 2.45) is 0 Å². The Bertz CT molecular complexity index is 633. The summed E-state index contributed by atoms with van der Waals surface area (Å²) in [7, 11) is 0. The van der Waals surface area contributed by atoms with Gasteiger partial charge in [-0.3, -0.25) is 4.98 Å². The van der Waals surface area contributed by atoms with Crippen LogP contribution in [0.2, 0.25) is 15.1 Å². The fourth-order valence-corrected chi connectivity index (χ4v) is 2.28. The minimum atomic E-state index is 0.286. The van der Waals surface area contributed by atoms with Crippen LogP contribution < -0.4 is 0 Å². The first kappa shape index (κ1) is 13.2. The number of nitrogens with zero attached hydrogens (tertiary/aromatic N) is 2. The van der Waals surface area contributed by atoms with Gasteiger partial charge in [0.25, 0.3) is 0 Å². The Kier molecular flexibility index (Phi) is 4.08. The molecule has 5 heteroatoms. The van der Waals surface area contributed by atoms with E-state index in [0.29, 0.717) is 15.1 Å². The quantitative estimate of drug-likeness (QED) is 0.748. The molecule has 0 amide bonds. The average Bonchev–Trinajstić information content (AvgIpc) is 2.38. The maximum atomic E-state index is 8.81. The number of hydrogen-bond acceptors (Lipinski definition) is 2. The first-order valence-corrected chi connectivity index (χ1v) is 6.22. The third kappa shape index (κ3) is 2.44. The van der Waals surface area contributed by atoms with Gasteiger partial charge in [0.15, 0.2) is 0 Å². The molecule has 1 aromatic heterocycles. The van der Waals surface area contributed by atoms with Crippen LogP contribution in [0.15, 0.2) is 30.6 Å². The Hall–Kier alpha value is -1.27. The molecule has 0 atom stereocenters. The van der Waals surface area contributed by atoms with E-state index in [1.165, 1.54) is 0 Å². The molecule has 0 N–H and O–H groups in total. The van der Waals surface area contributed by atoms with Crippen molar-refractivity contribution in [3.05, 3.63) is 51.2 Å². The monoisotopic (exact) mass is 296 g/mol. The summed E-state index contributed by atoms with van der Waals surface area (Å²) in [6, 6.07) is 7.35. The van der Waals surface area contributed by atoms with Crippen molar-refractivity contribution in [1.29, 1.82) is 5.26 Å². The van der Waals surface area contributed by atoms with Gasteiger partial charge < -0.3 is 0 Å². The van der Waals surface area contributed by atoms with Crippen LogP contribution in [0, 0.1) is 11.3 Å². The maximum absolute atomic E-state index is 8.81. The van der Waals surface area contributed by atoms with E-state index in [1.807, 2.05) is 0 Å². The summed E-state index contributed by atoms with van der Waals surface area (Å²) in [5, 5.41) is 9.89. The maximum Gasteiger partial charge on any atom is 0.0784 e. The van der Waals surface area contributed by atoms with Crippen LogP contribution in [0.3, 0.4) is 0 Å². The standard InChI is InChI=1S/C13H7Cl3N2/c14-11-2-1-9(12(15)13(11)16)10-7-18-6-4-8(10)3-5-17/h1-2,4,6-7H,3H2. The molecular weight excluding hydrogens is 291 g/mol. The molecule has 0 radical (unpaired) electrons.